The Morgan fingerprint density at radius 2 is 1.29 bits per heavy atom. The van der Waals surface area contributed by atoms with Gasteiger partial charge in [-0.3, -0.25) is 0 Å². The van der Waals surface area contributed by atoms with Gasteiger partial charge in [-0.05, 0) is 54.6 Å². The van der Waals surface area contributed by atoms with Gasteiger partial charge in [-0.15, -0.1) is 11.3 Å². The van der Waals surface area contributed by atoms with Crippen LogP contribution >= 0.6 is 11.3 Å². The molecule has 0 saturated heterocycles. The Morgan fingerprint density at radius 1 is 0.645 bits per heavy atom. The highest BCUT2D eigenvalue weighted by molar-refractivity contribution is 7.26. The molecule has 148 valence electrons. The summed E-state index contributed by atoms with van der Waals surface area (Å²) >= 11 is 1.82. The highest BCUT2D eigenvalue weighted by atomic mass is 32.1. The van der Waals surface area contributed by atoms with Gasteiger partial charge >= 0.3 is 0 Å². The van der Waals surface area contributed by atoms with Gasteiger partial charge in [0.1, 0.15) is 17.2 Å². The lowest BCUT2D eigenvalue weighted by Crippen LogP contribution is -1.81. The third-order valence-electron chi connectivity index (χ3n) is 6.13. The van der Waals surface area contributed by atoms with Crippen molar-refractivity contribution in [3.05, 3.63) is 72.3 Å². The molecule has 0 fully saturated rings. The molecular weight excluding hydrogens is 400 g/mol. The fourth-order valence-electron chi connectivity index (χ4n) is 4.71. The topological polar surface area (TPSA) is 57.4 Å². The lowest BCUT2D eigenvalue weighted by atomic mass is 9.99. The van der Waals surface area contributed by atoms with Crippen molar-refractivity contribution in [1.29, 1.82) is 0 Å². The second kappa shape index (κ2) is 5.93. The summed E-state index contributed by atoms with van der Waals surface area (Å²) in [5, 5.41) is 4.97. The second-order valence-electron chi connectivity index (χ2n) is 8.19. The van der Waals surface area contributed by atoms with E-state index in [-0.39, 0.29) is 0 Å². The summed E-state index contributed by atoms with van der Waals surface area (Å²) in [5.41, 5.74) is 6.75. The number of aryl methyl sites for hydroxylation is 2. The Morgan fingerprint density at radius 3 is 2.13 bits per heavy atom. The zero-order chi connectivity index (χ0) is 20.7. The molecule has 0 bridgehead atoms. The summed E-state index contributed by atoms with van der Waals surface area (Å²) in [5.74, 6) is 1.90. The standard InChI is InChI=1S/C26H18N4S/c1-13-27-21-9-5-17-11-15(3-6-18(17)24(21)29-13)16-4-7-19-20-8-10-22-25(30-14(2)28-22)26(20)31-23(19)12-16/h3-12H,1-2H3,(H,27,29)(H,28,30). The Hall–Kier alpha value is -3.70. The van der Waals surface area contributed by atoms with Gasteiger partial charge in [-0.25, -0.2) is 9.97 Å². The molecule has 7 aromatic rings. The number of imidazole rings is 2. The van der Waals surface area contributed by atoms with E-state index >= 15 is 0 Å². The maximum absolute atomic E-state index is 4.72. The molecule has 0 aliphatic carbocycles. The van der Waals surface area contributed by atoms with Crippen LogP contribution in [0.5, 0.6) is 0 Å². The molecule has 0 radical (unpaired) electrons. The van der Waals surface area contributed by atoms with Crippen molar-refractivity contribution < 1.29 is 0 Å². The summed E-state index contributed by atoms with van der Waals surface area (Å²) in [7, 11) is 0. The van der Waals surface area contributed by atoms with Gasteiger partial charge in [-0.1, -0.05) is 36.4 Å². The Kier molecular flexibility index (Phi) is 3.26. The van der Waals surface area contributed by atoms with Crippen molar-refractivity contribution in [1.82, 2.24) is 19.9 Å². The molecule has 0 atom stereocenters. The minimum absolute atomic E-state index is 0.947. The smallest absolute Gasteiger partial charge is 0.106 e. The fourth-order valence-corrected chi connectivity index (χ4v) is 5.95. The number of thiophene rings is 1. The number of benzene rings is 4. The molecule has 4 aromatic carbocycles. The predicted molar refractivity (Wildman–Crippen MR) is 131 cm³/mol. The van der Waals surface area contributed by atoms with Crippen molar-refractivity contribution in [3.8, 4) is 11.1 Å². The Balaban J connectivity index is 1.43. The number of fused-ring (bicyclic) bond motifs is 8. The third-order valence-corrected chi connectivity index (χ3v) is 7.31. The van der Waals surface area contributed by atoms with E-state index in [0.29, 0.717) is 0 Å². The summed E-state index contributed by atoms with van der Waals surface area (Å²) in [4.78, 5) is 16.1. The molecule has 7 rings (SSSR count). The number of nitrogens with zero attached hydrogens (tertiary/aromatic N) is 2. The first-order chi connectivity index (χ1) is 15.1. The van der Waals surface area contributed by atoms with Crippen LogP contribution in [-0.2, 0) is 0 Å². The summed E-state index contributed by atoms with van der Waals surface area (Å²) in [6, 6.07) is 22.1. The van der Waals surface area contributed by atoms with Gasteiger partial charge < -0.3 is 9.97 Å². The van der Waals surface area contributed by atoms with Crippen molar-refractivity contribution in [3.63, 3.8) is 0 Å². The molecule has 3 heterocycles. The van der Waals surface area contributed by atoms with E-state index in [1.165, 1.54) is 42.1 Å². The lowest BCUT2D eigenvalue weighted by molar-refractivity contribution is 1.17. The number of rotatable bonds is 1. The largest absolute Gasteiger partial charge is 0.342 e. The van der Waals surface area contributed by atoms with Gasteiger partial charge in [0, 0.05) is 20.9 Å². The summed E-state index contributed by atoms with van der Waals surface area (Å²) < 4.78 is 2.54. The highest BCUT2D eigenvalue weighted by Crippen LogP contribution is 2.39. The Labute approximate surface area is 181 Å². The monoisotopic (exact) mass is 418 g/mol. The molecule has 0 spiro atoms. The number of nitrogens with one attached hydrogen (secondary N) is 2. The number of hydrogen-bond donors (Lipinski definition) is 2. The summed E-state index contributed by atoms with van der Waals surface area (Å²) in [6.45, 7) is 4.01. The van der Waals surface area contributed by atoms with E-state index in [2.05, 4.69) is 75.6 Å². The lowest BCUT2D eigenvalue weighted by Gasteiger charge is -2.05. The van der Waals surface area contributed by atoms with Crippen LogP contribution in [0.15, 0.2) is 60.7 Å². The fraction of sp³-hybridized carbons (Fsp3) is 0.0769. The molecule has 2 N–H and O–H groups in total. The van der Waals surface area contributed by atoms with Crippen LogP contribution in [0.2, 0.25) is 0 Å². The number of H-pyrrole nitrogens is 2. The maximum atomic E-state index is 4.72. The number of aromatic nitrogens is 4. The van der Waals surface area contributed by atoms with Crippen LogP contribution < -0.4 is 0 Å². The van der Waals surface area contributed by atoms with Gasteiger partial charge in [0.15, 0.2) is 0 Å². The first-order valence-electron chi connectivity index (χ1n) is 10.4. The van der Waals surface area contributed by atoms with Crippen LogP contribution in [-0.4, -0.2) is 19.9 Å². The predicted octanol–water partition coefficient (Wildman–Crippen LogP) is 7.24. The summed E-state index contributed by atoms with van der Waals surface area (Å²) in [6.07, 6.45) is 0. The minimum atomic E-state index is 0.947. The number of hydrogen-bond acceptors (Lipinski definition) is 3. The van der Waals surface area contributed by atoms with Crippen molar-refractivity contribution in [2.24, 2.45) is 0 Å². The number of aromatic amines is 2. The Bertz CT molecular complexity index is 1820. The molecular formula is C26H18N4S. The van der Waals surface area contributed by atoms with Gasteiger partial charge in [0.2, 0.25) is 0 Å². The van der Waals surface area contributed by atoms with Crippen LogP contribution in [0.4, 0.5) is 0 Å². The van der Waals surface area contributed by atoms with Crippen molar-refractivity contribution in [2.75, 3.05) is 0 Å². The molecule has 0 aliphatic heterocycles. The molecule has 31 heavy (non-hydrogen) atoms. The second-order valence-corrected chi connectivity index (χ2v) is 9.25. The van der Waals surface area contributed by atoms with Crippen LogP contribution in [0, 0.1) is 13.8 Å². The van der Waals surface area contributed by atoms with E-state index in [1.807, 2.05) is 25.2 Å². The minimum Gasteiger partial charge on any atom is -0.342 e. The highest BCUT2D eigenvalue weighted by Gasteiger charge is 2.12. The first kappa shape index (κ1) is 17.0. The molecule has 5 heteroatoms. The van der Waals surface area contributed by atoms with Gasteiger partial charge in [0.25, 0.3) is 0 Å². The zero-order valence-electron chi connectivity index (χ0n) is 17.1. The molecule has 0 aliphatic rings. The molecule has 0 unspecified atom stereocenters. The van der Waals surface area contributed by atoms with Crippen LogP contribution in [0.3, 0.4) is 0 Å². The van der Waals surface area contributed by atoms with Crippen LogP contribution in [0.25, 0.3) is 64.1 Å². The molecule has 0 amide bonds. The van der Waals surface area contributed by atoms with E-state index in [9.17, 15) is 0 Å². The zero-order valence-corrected chi connectivity index (χ0v) is 17.9. The molecule has 0 saturated carbocycles. The van der Waals surface area contributed by atoms with Crippen molar-refractivity contribution >= 4 is 64.3 Å². The quantitative estimate of drug-likeness (QED) is 0.295. The SMILES string of the molecule is Cc1nc2c(ccc3cc(-c4ccc5c(c4)sc4c5ccc5[nH]c(C)nc54)ccc32)[nH]1. The van der Waals surface area contributed by atoms with E-state index in [4.69, 9.17) is 4.98 Å². The molecule has 4 nitrogen and oxygen atoms in total. The van der Waals surface area contributed by atoms with Crippen LogP contribution in [0.1, 0.15) is 11.6 Å². The van der Waals surface area contributed by atoms with E-state index in [1.54, 1.807) is 0 Å². The van der Waals surface area contributed by atoms with Gasteiger partial charge in [0.05, 0.1) is 21.3 Å². The normalized spacial score (nSPS) is 12.2. The van der Waals surface area contributed by atoms with Crippen molar-refractivity contribution in [2.45, 2.75) is 13.8 Å². The average molecular weight is 419 g/mol. The van der Waals surface area contributed by atoms with E-state index in [0.717, 1.165) is 33.7 Å². The first-order valence-corrected chi connectivity index (χ1v) is 11.2. The van der Waals surface area contributed by atoms with E-state index < -0.39 is 0 Å². The third kappa shape index (κ3) is 2.41. The van der Waals surface area contributed by atoms with Gasteiger partial charge in [-0.2, -0.15) is 0 Å². The maximum Gasteiger partial charge on any atom is 0.106 e. The average Bonchev–Trinajstić information content (AvgIpc) is 3.45. The molecule has 3 aromatic heterocycles.